The van der Waals surface area contributed by atoms with Gasteiger partial charge < -0.3 is 5.32 Å². The third-order valence-electron chi connectivity index (χ3n) is 1.87. The van der Waals surface area contributed by atoms with Crippen molar-refractivity contribution in [3.05, 3.63) is 35.9 Å². The average Bonchev–Trinajstić information content (AvgIpc) is 2.19. The molecule has 0 saturated heterocycles. The van der Waals surface area contributed by atoms with Crippen LogP contribution in [0.3, 0.4) is 0 Å². The lowest BCUT2D eigenvalue weighted by Crippen LogP contribution is -2.15. The molecule has 0 amide bonds. The second-order valence-electron chi connectivity index (χ2n) is 2.92. The van der Waals surface area contributed by atoms with Gasteiger partial charge in [0.25, 0.3) is 0 Å². The van der Waals surface area contributed by atoms with Gasteiger partial charge in [0.2, 0.25) is 0 Å². The highest BCUT2D eigenvalue weighted by atomic mass is 14.8. The summed E-state index contributed by atoms with van der Waals surface area (Å²) in [4.78, 5) is 0. The third kappa shape index (κ3) is 4.29. The lowest BCUT2D eigenvalue weighted by molar-refractivity contribution is 0.696. The van der Waals surface area contributed by atoms with Crippen molar-refractivity contribution in [1.82, 2.24) is 5.32 Å². The number of hydrogen-bond donors (Lipinski definition) is 1. The molecule has 0 aliphatic carbocycles. The second-order valence-corrected chi connectivity index (χ2v) is 2.92. The molecule has 0 saturated carbocycles. The zero-order valence-electron chi connectivity index (χ0n) is 7.66. The second kappa shape index (κ2) is 6.22. The van der Waals surface area contributed by atoms with Gasteiger partial charge in [-0.25, -0.2) is 0 Å². The molecule has 0 bridgehead atoms. The number of nitrogens with one attached hydrogen (secondary N) is 1. The quantitative estimate of drug-likeness (QED) is 0.545. The number of nitriles is 1. The number of rotatable bonds is 5. The van der Waals surface area contributed by atoms with E-state index in [1.165, 1.54) is 5.56 Å². The van der Waals surface area contributed by atoms with Gasteiger partial charge in [0, 0.05) is 0 Å². The minimum atomic E-state index is 0.453. The Labute approximate surface area is 79.2 Å². The molecule has 13 heavy (non-hydrogen) atoms. The maximum atomic E-state index is 8.27. The summed E-state index contributed by atoms with van der Waals surface area (Å²) in [6.07, 6.45) is 2.17. The van der Waals surface area contributed by atoms with Crippen molar-refractivity contribution < 1.29 is 0 Å². The molecular weight excluding hydrogens is 160 g/mol. The van der Waals surface area contributed by atoms with Gasteiger partial charge >= 0.3 is 0 Å². The molecule has 2 heteroatoms. The number of hydrogen-bond acceptors (Lipinski definition) is 2. The van der Waals surface area contributed by atoms with E-state index in [0.717, 1.165) is 19.4 Å². The SMILES string of the molecule is N#CCNCCCc1ccccc1. The number of nitrogens with zero attached hydrogens (tertiary/aromatic N) is 1. The summed E-state index contributed by atoms with van der Waals surface area (Å²) in [5.74, 6) is 0. The fraction of sp³-hybridized carbons (Fsp3) is 0.364. The van der Waals surface area contributed by atoms with Crippen LogP contribution < -0.4 is 5.32 Å². The summed E-state index contributed by atoms with van der Waals surface area (Å²) in [6.45, 7) is 1.37. The Morgan fingerprint density at radius 2 is 2.00 bits per heavy atom. The molecule has 1 aromatic rings. The van der Waals surface area contributed by atoms with Gasteiger partial charge in [0.15, 0.2) is 0 Å². The van der Waals surface area contributed by atoms with E-state index in [9.17, 15) is 0 Å². The Balaban J connectivity index is 2.11. The maximum Gasteiger partial charge on any atom is 0.0840 e. The summed E-state index contributed by atoms with van der Waals surface area (Å²) in [5, 5.41) is 11.3. The minimum Gasteiger partial charge on any atom is -0.304 e. The predicted octanol–water partition coefficient (Wildman–Crippen LogP) is 1.73. The van der Waals surface area contributed by atoms with Crippen molar-refractivity contribution >= 4 is 0 Å². The molecule has 0 aliphatic rings. The Hall–Kier alpha value is -1.33. The van der Waals surface area contributed by atoms with Crippen LogP contribution in [-0.2, 0) is 6.42 Å². The van der Waals surface area contributed by atoms with Crippen molar-refractivity contribution in [3.8, 4) is 6.07 Å². The lowest BCUT2D eigenvalue weighted by Gasteiger charge is -2.00. The van der Waals surface area contributed by atoms with Gasteiger partial charge in [-0.3, -0.25) is 0 Å². The summed E-state index contributed by atoms with van der Waals surface area (Å²) < 4.78 is 0. The molecule has 0 spiro atoms. The normalized spacial score (nSPS) is 9.46. The van der Waals surface area contributed by atoms with Crippen molar-refractivity contribution in [3.63, 3.8) is 0 Å². The summed E-state index contributed by atoms with van der Waals surface area (Å²) >= 11 is 0. The average molecular weight is 174 g/mol. The lowest BCUT2D eigenvalue weighted by atomic mass is 10.1. The van der Waals surface area contributed by atoms with Crippen LogP contribution in [0.2, 0.25) is 0 Å². The molecule has 1 rings (SSSR count). The van der Waals surface area contributed by atoms with Crippen LogP contribution in [0.4, 0.5) is 0 Å². The van der Waals surface area contributed by atoms with E-state index < -0.39 is 0 Å². The van der Waals surface area contributed by atoms with Crippen molar-refractivity contribution in [2.75, 3.05) is 13.1 Å². The van der Waals surface area contributed by atoms with E-state index >= 15 is 0 Å². The number of aryl methyl sites for hydroxylation is 1. The van der Waals surface area contributed by atoms with Crippen LogP contribution in [0.15, 0.2) is 30.3 Å². The zero-order valence-corrected chi connectivity index (χ0v) is 7.66. The topological polar surface area (TPSA) is 35.8 Å². The molecule has 0 heterocycles. The molecule has 0 fully saturated rings. The summed E-state index contributed by atoms with van der Waals surface area (Å²) in [5.41, 5.74) is 1.36. The molecule has 0 aliphatic heterocycles. The molecule has 68 valence electrons. The Morgan fingerprint density at radius 3 is 2.69 bits per heavy atom. The molecular formula is C11H14N2. The van der Waals surface area contributed by atoms with Gasteiger partial charge in [-0.1, -0.05) is 30.3 Å². The van der Waals surface area contributed by atoms with E-state index in [4.69, 9.17) is 5.26 Å². The van der Waals surface area contributed by atoms with Crippen LogP contribution in [-0.4, -0.2) is 13.1 Å². The fourth-order valence-corrected chi connectivity index (χ4v) is 1.21. The highest BCUT2D eigenvalue weighted by Gasteiger charge is 1.90. The van der Waals surface area contributed by atoms with E-state index in [-0.39, 0.29) is 0 Å². The van der Waals surface area contributed by atoms with Crippen LogP contribution in [0.25, 0.3) is 0 Å². The first kappa shape index (κ1) is 9.76. The van der Waals surface area contributed by atoms with Gasteiger partial charge in [0.1, 0.15) is 0 Å². The van der Waals surface area contributed by atoms with Gasteiger partial charge in [-0.05, 0) is 24.9 Å². The summed E-state index contributed by atoms with van der Waals surface area (Å²) in [7, 11) is 0. The predicted molar refractivity (Wildman–Crippen MR) is 53.2 cm³/mol. The van der Waals surface area contributed by atoms with E-state index in [1.807, 2.05) is 6.07 Å². The Morgan fingerprint density at radius 1 is 1.23 bits per heavy atom. The molecule has 0 radical (unpaired) electrons. The first-order valence-corrected chi connectivity index (χ1v) is 4.55. The van der Waals surface area contributed by atoms with Crippen LogP contribution >= 0.6 is 0 Å². The van der Waals surface area contributed by atoms with E-state index in [2.05, 4.69) is 35.7 Å². The molecule has 1 N–H and O–H groups in total. The molecule has 0 aromatic heterocycles. The van der Waals surface area contributed by atoms with Gasteiger partial charge in [-0.15, -0.1) is 0 Å². The van der Waals surface area contributed by atoms with Crippen molar-refractivity contribution in [2.45, 2.75) is 12.8 Å². The molecule has 0 unspecified atom stereocenters. The van der Waals surface area contributed by atoms with Crippen molar-refractivity contribution in [1.29, 1.82) is 5.26 Å². The van der Waals surface area contributed by atoms with Crippen molar-refractivity contribution in [2.24, 2.45) is 0 Å². The van der Waals surface area contributed by atoms with Gasteiger partial charge in [0.05, 0.1) is 12.6 Å². The number of benzene rings is 1. The first-order chi connectivity index (χ1) is 6.43. The standard InChI is InChI=1S/C11H14N2/c12-8-10-13-9-4-7-11-5-2-1-3-6-11/h1-3,5-6,13H,4,7,9-10H2. The minimum absolute atomic E-state index is 0.453. The molecule has 1 aromatic carbocycles. The summed E-state index contributed by atoms with van der Waals surface area (Å²) in [6, 6.07) is 12.4. The fourth-order valence-electron chi connectivity index (χ4n) is 1.21. The molecule has 0 atom stereocenters. The Kier molecular flexibility index (Phi) is 4.66. The van der Waals surface area contributed by atoms with Crippen LogP contribution in [0, 0.1) is 11.3 Å². The van der Waals surface area contributed by atoms with Gasteiger partial charge in [-0.2, -0.15) is 5.26 Å². The largest absolute Gasteiger partial charge is 0.304 e. The highest BCUT2D eigenvalue weighted by molar-refractivity contribution is 5.14. The zero-order chi connectivity index (χ0) is 9.36. The van der Waals surface area contributed by atoms with E-state index in [1.54, 1.807) is 0 Å². The van der Waals surface area contributed by atoms with E-state index in [0.29, 0.717) is 6.54 Å². The third-order valence-corrected chi connectivity index (χ3v) is 1.87. The highest BCUT2D eigenvalue weighted by Crippen LogP contribution is 2.00. The monoisotopic (exact) mass is 174 g/mol. The van der Waals surface area contributed by atoms with Crippen LogP contribution in [0.5, 0.6) is 0 Å². The molecule has 2 nitrogen and oxygen atoms in total. The van der Waals surface area contributed by atoms with Crippen LogP contribution in [0.1, 0.15) is 12.0 Å². The first-order valence-electron chi connectivity index (χ1n) is 4.55. The smallest absolute Gasteiger partial charge is 0.0840 e. The Bertz CT molecular complexity index is 261. The maximum absolute atomic E-state index is 8.27.